The van der Waals surface area contributed by atoms with Crippen molar-refractivity contribution in [1.29, 1.82) is 10.5 Å². The number of nitriles is 2. The molecule has 0 aliphatic carbocycles. The molecule has 0 saturated heterocycles. The number of rotatable bonds is 3. The van der Waals surface area contributed by atoms with Gasteiger partial charge in [0.2, 0.25) is 0 Å². The van der Waals surface area contributed by atoms with E-state index in [0.29, 0.717) is 22.6 Å². The highest BCUT2D eigenvalue weighted by molar-refractivity contribution is 7.80. The van der Waals surface area contributed by atoms with Crippen LogP contribution in [0.1, 0.15) is 11.3 Å². The van der Waals surface area contributed by atoms with E-state index in [9.17, 15) is 0 Å². The number of hydrogen-bond donors (Lipinski definition) is 1. The lowest BCUT2D eigenvalue weighted by Gasteiger charge is -1.99. The van der Waals surface area contributed by atoms with Gasteiger partial charge in [0, 0.05) is 11.6 Å². The minimum atomic E-state index is 0.0166. The van der Waals surface area contributed by atoms with Crippen LogP contribution in [0.15, 0.2) is 46.4 Å². The summed E-state index contributed by atoms with van der Waals surface area (Å²) in [7, 11) is 0. The Hall–Kier alpha value is -2.89. The quantitative estimate of drug-likeness (QED) is 0.530. The molecule has 0 aliphatic rings. The van der Waals surface area contributed by atoms with Crippen LogP contribution in [-0.2, 0) is 0 Å². The highest BCUT2D eigenvalue weighted by Crippen LogP contribution is 2.26. The summed E-state index contributed by atoms with van der Waals surface area (Å²) >= 11 is 4.76. The van der Waals surface area contributed by atoms with Gasteiger partial charge in [0.15, 0.2) is 0 Å². The Labute approximate surface area is 121 Å². The van der Waals surface area contributed by atoms with Crippen LogP contribution in [0, 0.1) is 22.7 Å². The van der Waals surface area contributed by atoms with Crippen molar-refractivity contribution in [2.75, 3.05) is 0 Å². The van der Waals surface area contributed by atoms with Gasteiger partial charge in [-0.2, -0.15) is 10.5 Å². The van der Waals surface area contributed by atoms with Gasteiger partial charge in [-0.1, -0.05) is 24.4 Å². The Bertz CT molecular complexity index is 775. The second kappa shape index (κ2) is 5.83. The normalized spacial score (nSPS) is 10.6. The van der Waals surface area contributed by atoms with Gasteiger partial charge < -0.3 is 10.2 Å². The third-order valence-electron chi connectivity index (χ3n) is 2.61. The molecule has 0 spiro atoms. The number of nitrogens with zero attached hydrogens (tertiary/aromatic N) is 2. The second-order valence-electron chi connectivity index (χ2n) is 3.89. The van der Waals surface area contributed by atoms with E-state index in [1.807, 2.05) is 12.1 Å². The van der Waals surface area contributed by atoms with Crippen LogP contribution in [0.25, 0.3) is 17.4 Å². The van der Waals surface area contributed by atoms with E-state index >= 15 is 0 Å². The molecule has 0 fully saturated rings. The fourth-order valence-electron chi connectivity index (χ4n) is 1.67. The lowest BCUT2D eigenvalue weighted by Crippen LogP contribution is -2.09. The molecule has 1 aromatic carbocycles. The molecule has 0 radical (unpaired) electrons. The van der Waals surface area contributed by atoms with Gasteiger partial charge in [0.1, 0.15) is 22.6 Å². The lowest BCUT2D eigenvalue weighted by atomic mass is 10.1. The first-order chi connectivity index (χ1) is 9.65. The van der Waals surface area contributed by atoms with Gasteiger partial charge in [-0.15, -0.1) is 0 Å². The maximum Gasteiger partial charge on any atom is 0.136 e. The average Bonchev–Trinajstić information content (AvgIpc) is 2.92. The fourth-order valence-corrected chi connectivity index (χ4v) is 1.78. The Morgan fingerprint density at radius 3 is 2.60 bits per heavy atom. The summed E-state index contributed by atoms with van der Waals surface area (Å²) in [6.07, 6.45) is 1.47. The molecular formula is C15H9N3OS. The van der Waals surface area contributed by atoms with Crippen LogP contribution in [-0.4, -0.2) is 4.99 Å². The van der Waals surface area contributed by atoms with E-state index in [2.05, 4.69) is 6.07 Å². The Morgan fingerprint density at radius 2 is 1.95 bits per heavy atom. The second-order valence-corrected chi connectivity index (χ2v) is 4.33. The average molecular weight is 279 g/mol. The molecular weight excluding hydrogens is 270 g/mol. The van der Waals surface area contributed by atoms with Crippen LogP contribution in [0.3, 0.4) is 0 Å². The topological polar surface area (TPSA) is 86.7 Å². The minimum Gasteiger partial charge on any atom is -0.457 e. The standard InChI is InChI=1S/C15H9N3OS/c16-8-10-3-1-2-4-13(10)14-6-5-12(19-14)7-11(9-17)15(18)20/h1-7H,(H2,18,20)/b11-7+. The van der Waals surface area contributed by atoms with Crippen molar-refractivity contribution in [2.24, 2.45) is 5.73 Å². The molecule has 0 unspecified atom stereocenters. The SMILES string of the molecule is N#C/C(=C\c1ccc(-c2ccccc2C#N)o1)C(N)=S. The highest BCUT2D eigenvalue weighted by atomic mass is 32.1. The zero-order valence-corrected chi connectivity index (χ0v) is 11.1. The molecule has 2 rings (SSSR count). The van der Waals surface area contributed by atoms with Crippen molar-refractivity contribution in [3.8, 4) is 23.5 Å². The molecule has 4 nitrogen and oxygen atoms in total. The maximum absolute atomic E-state index is 9.06. The molecule has 96 valence electrons. The molecule has 0 aliphatic heterocycles. The molecule has 0 amide bonds. The molecule has 1 aromatic heterocycles. The summed E-state index contributed by atoms with van der Waals surface area (Å²) in [4.78, 5) is 0.0166. The molecule has 0 bridgehead atoms. The summed E-state index contributed by atoms with van der Waals surface area (Å²) < 4.78 is 5.60. The van der Waals surface area contributed by atoms with Gasteiger partial charge >= 0.3 is 0 Å². The summed E-state index contributed by atoms with van der Waals surface area (Å²) in [5.74, 6) is 1.01. The third kappa shape index (κ3) is 2.74. The van der Waals surface area contributed by atoms with Gasteiger partial charge in [-0.25, -0.2) is 0 Å². The lowest BCUT2D eigenvalue weighted by molar-refractivity contribution is 0.571. The summed E-state index contributed by atoms with van der Waals surface area (Å²) in [6, 6.07) is 14.5. The first-order valence-electron chi connectivity index (χ1n) is 5.66. The van der Waals surface area contributed by atoms with E-state index in [4.69, 9.17) is 32.9 Å². The number of benzene rings is 1. The minimum absolute atomic E-state index is 0.0166. The van der Waals surface area contributed by atoms with Crippen LogP contribution in [0.2, 0.25) is 0 Å². The van der Waals surface area contributed by atoms with Gasteiger partial charge in [-0.3, -0.25) is 0 Å². The van der Waals surface area contributed by atoms with E-state index < -0.39 is 0 Å². The fraction of sp³-hybridized carbons (Fsp3) is 0. The number of nitrogens with two attached hydrogens (primary N) is 1. The Balaban J connectivity index is 2.43. The van der Waals surface area contributed by atoms with Gasteiger partial charge in [0.25, 0.3) is 0 Å². The first-order valence-corrected chi connectivity index (χ1v) is 6.07. The molecule has 2 aromatic rings. The molecule has 0 atom stereocenters. The third-order valence-corrected chi connectivity index (χ3v) is 2.83. The molecule has 2 N–H and O–H groups in total. The van der Waals surface area contributed by atoms with Gasteiger partial charge in [0.05, 0.1) is 17.2 Å². The van der Waals surface area contributed by atoms with Crippen LogP contribution >= 0.6 is 12.2 Å². The number of hydrogen-bond acceptors (Lipinski definition) is 4. The zero-order valence-electron chi connectivity index (χ0n) is 10.3. The smallest absolute Gasteiger partial charge is 0.136 e. The predicted molar refractivity (Wildman–Crippen MR) is 79.2 cm³/mol. The van der Waals surface area contributed by atoms with Crippen molar-refractivity contribution >= 4 is 23.3 Å². The number of furan rings is 1. The van der Waals surface area contributed by atoms with E-state index in [-0.39, 0.29) is 10.6 Å². The maximum atomic E-state index is 9.06. The monoisotopic (exact) mass is 279 g/mol. The van der Waals surface area contributed by atoms with E-state index in [1.54, 1.807) is 30.3 Å². The van der Waals surface area contributed by atoms with Crippen molar-refractivity contribution in [3.05, 3.63) is 53.3 Å². The van der Waals surface area contributed by atoms with Crippen molar-refractivity contribution in [1.82, 2.24) is 0 Å². The van der Waals surface area contributed by atoms with E-state index in [0.717, 1.165) is 0 Å². The summed E-state index contributed by atoms with van der Waals surface area (Å²) in [5.41, 5.74) is 6.81. The van der Waals surface area contributed by atoms with Crippen LogP contribution < -0.4 is 5.73 Å². The van der Waals surface area contributed by atoms with Gasteiger partial charge in [-0.05, 0) is 24.3 Å². The first kappa shape index (κ1) is 13.5. The molecule has 0 saturated carbocycles. The van der Waals surface area contributed by atoms with Crippen molar-refractivity contribution < 1.29 is 4.42 Å². The zero-order chi connectivity index (χ0) is 14.5. The Morgan fingerprint density at radius 1 is 1.20 bits per heavy atom. The molecule has 1 heterocycles. The molecule has 5 heteroatoms. The van der Waals surface area contributed by atoms with Crippen molar-refractivity contribution in [2.45, 2.75) is 0 Å². The van der Waals surface area contributed by atoms with Crippen LogP contribution in [0.5, 0.6) is 0 Å². The predicted octanol–water partition coefficient (Wildman–Crippen LogP) is 3.01. The summed E-state index contributed by atoms with van der Waals surface area (Å²) in [5, 5.41) is 18.0. The van der Waals surface area contributed by atoms with Crippen molar-refractivity contribution in [3.63, 3.8) is 0 Å². The van der Waals surface area contributed by atoms with Crippen LogP contribution in [0.4, 0.5) is 0 Å². The Kier molecular flexibility index (Phi) is 3.95. The van der Waals surface area contributed by atoms with E-state index in [1.165, 1.54) is 6.08 Å². The summed E-state index contributed by atoms with van der Waals surface area (Å²) in [6.45, 7) is 0. The highest BCUT2D eigenvalue weighted by Gasteiger charge is 2.09. The largest absolute Gasteiger partial charge is 0.457 e. The molecule has 20 heavy (non-hydrogen) atoms. The number of thiocarbonyl (C=S) groups is 1.